The van der Waals surface area contributed by atoms with Crippen LogP contribution in [0.2, 0.25) is 0 Å². The van der Waals surface area contributed by atoms with Crippen LogP contribution in [-0.2, 0) is 128 Å². The largest absolute Gasteiger partial charge is 0.481 e. The van der Waals surface area contributed by atoms with E-state index in [2.05, 4.69) is 105 Å². The van der Waals surface area contributed by atoms with E-state index in [1.54, 1.807) is 119 Å². The van der Waals surface area contributed by atoms with Crippen molar-refractivity contribution < 1.29 is 127 Å². The zero-order valence-electron chi connectivity index (χ0n) is 79.5. The summed E-state index contributed by atoms with van der Waals surface area (Å²) in [5.41, 5.74) is 19.9. The second-order valence-corrected chi connectivity index (χ2v) is 34.9. The Kier molecular flexibility index (Phi) is 49.2. The quantitative estimate of drug-likeness (QED) is 0.0161. The third kappa shape index (κ3) is 40.2. The highest BCUT2D eigenvalue weighted by molar-refractivity contribution is 6.02. The van der Waals surface area contributed by atoms with Gasteiger partial charge in [-0.15, -0.1) is 0 Å². The second kappa shape index (κ2) is 60.3. The number of benzene rings is 3. The molecule has 50 heteroatoms. The lowest BCUT2D eigenvalue weighted by molar-refractivity contribution is -0.143. The molecule has 3 aromatic carbocycles. The molecule has 3 heterocycles. The average molecular weight is 1990 g/mol. The summed E-state index contributed by atoms with van der Waals surface area (Å²) in [4.78, 5) is 291. The Bertz CT molecular complexity index is 5020. The second-order valence-electron chi connectivity index (χ2n) is 34.9. The van der Waals surface area contributed by atoms with E-state index in [-0.39, 0.29) is 127 Å². The number of carbonyl (C=O) groups excluding carboxylic acids is 17. The van der Waals surface area contributed by atoms with Gasteiger partial charge in [-0.2, -0.15) is 0 Å². The Morgan fingerprint density at radius 2 is 0.725 bits per heavy atom. The summed E-state index contributed by atoms with van der Waals surface area (Å²) in [6, 6.07) is -0.529. The Hall–Kier alpha value is -14.8. The van der Waals surface area contributed by atoms with E-state index in [9.17, 15) is 127 Å². The molecule has 776 valence electrons. The van der Waals surface area contributed by atoms with Crippen LogP contribution in [0, 0.1) is 11.8 Å². The molecule has 17 amide bonds. The van der Waals surface area contributed by atoms with Gasteiger partial charge in [0.1, 0.15) is 90.6 Å². The van der Waals surface area contributed by atoms with Gasteiger partial charge in [0, 0.05) is 44.6 Å². The number of H-pyrrole nitrogens is 2. The molecule has 5 aromatic rings. The number of aromatic amines is 2. The lowest BCUT2D eigenvalue weighted by Crippen LogP contribution is -2.61. The molecule has 142 heavy (non-hydrogen) atoms. The molecule has 1 fully saturated rings. The van der Waals surface area contributed by atoms with Gasteiger partial charge in [0.05, 0.1) is 75.8 Å². The number of nitrogens with two attached hydrogens (primary N) is 3. The molecular formula is C92H132N24O26. The van der Waals surface area contributed by atoms with Gasteiger partial charge in [0.15, 0.2) is 0 Å². The lowest BCUT2D eigenvalue weighted by Gasteiger charge is -2.30. The van der Waals surface area contributed by atoms with Crippen LogP contribution in [-0.4, -0.2) is 323 Å². The first-order valence-corrected chi connectivity index (χ1v) is 46.5. The minimum Gasteiger partial charge on any atom is -0.481 e. The van der Waals surface area contributed by atoms with E-state index >= 15 is 0 Å². The number of likely N-dealkylation sites (tertiary alicyclic amines) is 1. The molecule has 30 N–H and O–H groups in total. The fourth-order valence-corrected chi connectivity index (χ4v) is 15.0. The van der Waals surface area contributed by atoms with Crippen molar-refractivity contribution in [2.45, 2.75) is 240 Å². The summed E-state index contributed by atoms with van der Waals surface area (Å²) >= 11 is 0. The molecule has 0 saturated carbocycles. The predicted molar refractivity (Wildman–Crippen MR) is 505 cm³/mol. The van der Waals surface area contributed by atoms with Crippen molar-refractivity contribution in [1.29, 1.82) is 0 Å². The number of unbranched alkanes of at least 4 members (excludes halogenated alkanes) is 2. The van der Waals surface area contributed by atoms with E-state index in [1.165, 1.54) is 25.0 Å². The standard InChI is InChI=1S/C92H132N24O26/c1-50(2)32-61(108-86(135)66(39-75(122)123)110-81(130)59(26-15-17-29-93)103-73(120)43-98-80(129)65(38-57-42-97-49-101-57)112-90(139)72-28-19-31-116(72)91(140)71(47-119)115-89(138)70(46-118)113-78(127)58(95)34-53-20-9-6-10-21-53)83(132)107-62(33-51(3)4)84(133)109-63(35-54-22-11-7-12-23-54)85(134)105-60(27-16-18-30-94)82(131)111-67(40-76(124)125)87(136)114-69(45-117)88(137)102-52(5)77(126)106-64(37-56-41-96-48-100-56)79(128)99-44-74(121)104-68(92(141)142)36-55-24-13-8-14-25-55/h6-14,20-25,41-42,48-52,58-72,117-119H,15-19,26-40,43-47,93-95H2,1-5H3,(H,96,100)(H,97,101)(H,98,129)(H,99,128)(H,102,137)(H,103,120)(H,104,121)(H,105,134)(H,106,126)(H,107,132)(H,108,135)(H,109,133)(H,110,130)(H,111,131)(H,112,139)(H,113,127)(H,114,136)(H,115,138)(H,122,123)(H,124,125)(H,141,142)/t52-,58-,59-,60-,61-,62-,63-,64-,65-,66-,67-,68-,69-,70-,71-,72-/m0/s1. The number of carboxylic acids is 3. The minimum atomic E-state index is -2.07. The van der Waals surface area contributed by atoms with Crippen LogP contribution in [0.5, 0.6) is 0 Å². The van der Waals surface area contributed by atoms with Crippen LogP contribution in [0.25, 0.3) is 0 Å². The third-order valence-electron chi connectivity index (χ3n) is 22.4. The maximum atomic E-state index is 14.9. The summed E-state index contributed by atoms with van der Waals surface area (Å²) in [5.74, 6) is -23.2. The molecule has 0 radical (unpaired) electrons. The normalized spacial score (nSPS) is 15.4. The van der Waals surface area contributed by atoms with Gasteiger partial charge < -0.3 is 148 Å². The van der Waals surface area contributed by atoms with Gasteiger partial charge in [-0.1, -0.05) is 119 Å². The molecule has 50 nitrogen and oxygen atoms in total. The first-order chi connectivity index (χ1) is 67.6. The summed E-state index contributed by atoms with van der Waals surface area (Å²) in [5, 5.41) is 99.6. The van der Waals surface area contributed by atoms with E-state index in [1.807, 2.05) is 0 Å². The molecule has 0 bridgehead atoms. The van der Waals surface area contributed by atoms with Crippen molar-refractivity contribution in [3.8, 4) is 0 Å². The number of hydrogen-bond donors (Lipinski definition) is 27. The fourth-order valence-electron chi connectivity index (χ4n) is 15.0. The van der Waals surface area contributed by atoms with Gasteiger partial charge in [0.2, 0.25) is 100 Å². The molecule has 1 aliphatic heterocycles. The predicted octanol–water partition coefficient (Wildman–Crippen LogP) is -7.63. The molecule has 16 atom stereocenters. The van der Waals surface area contributed by atoms with Gasteiger partial charge in [-0.05, 0) is 119 Å². The number of aliphatic hydroxyl groups is 3. The monoisotopic (exact) mass is 1990 g/mol. The van der Waals surface area contributed by atoms with E-state index < -0.39 is 273 Å². The van der Waals surface area contributed by atoms with Crippen molar-refractivity contribution in [2.75, 3.05) is 52.5 Å². The van der Waals surface area contributed by atoms with Crippen LogP contribution in [0.1, 0.15) is 140 Å². The zero-order valence-corrected chi connectivity index (χ0v) is 79.5. The number of rotatable bonds is 63. The van der Waals surface area contributed by atoms with Crippen LogP contribution >= 0.6 is 0 Å². The Balaban J connectivity index is 1.11. The first kappa shape index (κ1) is 116. The van der Waals surface area contributed by atoms with Crippen molar-refractivity contribution in [1.82, 2.24) is 110 Å². The Morgan fingerprint density at radius 1 is 0.380 bits per heavy atom. The third-order valence-corrected chi connectivity index (χ3v) is 22.4. The number of carboxylic acid groups (broad SMARTS) is 3. The number of hydrogen-bond acceptors (Lipinski definition) is 28. The molecular weight excluding hydrogens is 1860 g/mol. The highest BCUT2D eigenvalue weighted by atomic mass is 16.4. The summed E-state index contributed by atoms with van der Waals surface area (Å²) < 4.78 is 0. The van der Waals surface area contributed by atoms with Gasteiger partial charge in [-0.25, -0.2) is 14.8 Å². The number of aromatic nitrogens is 4. The molecule has 1 saturated heterocycles. The molecule has 0 aliphatic carbocycles. The highest BCUT2D eigenvalue weighted by Gasteiger charge is 2.43. The minimum absolute atomic E-state index is 0.0320. The Morgan fingerprint density at radius 3 is 1.15 bits per heavy atom. The number of nitrogens with one attached hydrogen (secondary N) is 18. The summed E-state index contributed by atoms with van der Waals surface area (Å²) in [7, 11) is 0. The van der Waals surface area contributed by atoms with E-state index in [0.29, 0.717) is 16.7 Å². The molecule has 6 rings (SSSR count). The van der Waals surface area contributed by atoms with Crippen molar-refractivity contribution in [2.24, 2.45) is 29.0 Å². The number of aliphatic carboxylic acids is 3. The van der Waals surface area contributed by atoms with Crippen LogP contribution in [0.4, 0.5) is 0 Å². The van der Waals surface area contributed by atoms with Gasteiger partial charge in [-0.3, -0.25) is 91.1 Å². The smallest absolute Gasteiger partial charge is 0.326 e. The maximum Gasteiger partial charge on any atom is 0.326 e. The average Bonchev–Trinajstić information content (AvgIpc) is 1.64. The summed E-state index contributed by atoms with van der Waals surface area (Å²) in [6.45, 7) is 3.24. The maximum absolute atomic E-state index is 14.9. The van der Waals surface area contributed by atoms with Crippen molar-refractivity contribution in [3.05, 3.63) is 144 Å². The highest BCUT2D eigenvalue weighted by Crippen LogP contribution is 2.21. The number of imidazole rings is 2. The molecule has 0 spiro atoms. The number of amides is 17. The van der Waals surface area contributed by atoms with Crippen molar-refractivity contribution >= 4 is 118 Å². The fraction of sp³-hybridized carbons (Fsp3) is 0.522. The van der Waals surface area contributed by atoms with Gasteiger partial charge >= 0.3 is 17.9 Å². The van der Waals surface area contributed by atoms with Crippen molar-refractivity contribution in [3.63, 3.8) is 0 Å². The van der Waals surface area contributed by atoms with Crippen LogP contribution in [0.3, 0.4) is 0 Å². The topological polar surface area (TPSA) is 794 Å². The SMILES string of the molecule is CC(C)C[C@H](NC(=O)[C@H](CC(=O)O)NC(=O)[C@H](CCCCN)NC(=O)CNC(=O)[C@H](Cc1c[nH]cn1)NC(=O)[C@@H]1CCCN1C(=O)[C@H](CO)NC(=O)[C@H](CO)NC(=O)[C@@H](N)Cc1ccccc1)C(=O)N[C@@H](CC(C)C)C(=O)N[C@@H](Cc1ccccc1)C(=O)N[C@@H](CCCCN)C(=O)N[C@@H](CC(=O)O)C(=O)N[C@@H](CO)C(=O)N[C@@H](C)C(=O)N[C@@H](Cc1c[nH]cn1)C(=O)NCC(=O)N[C@@H](Cc1ccccc1)C(=O)O. The molecule has 2 aromatic heterocycles. The summed E-state index contributed by atoms with van der Waals surface area (Å²) in [6.07, 6.45) is 2.52. The van der Waals surface area contributed by atoms with E-state index in [4.69, 9.17) is 17.2 Å². The number of nitrogens with zero attached hydrogens (tertiary/aromatic N) is 3. The van der Waals surface area contributed by atoms with Crippen LogP contribution < -0.4 is 102 Å². The Labute approximate surface area is 817 Å². The number of aliphatic hydroxyl groups excluding tert-OH is 3. The number of carbonyl (C=O) groups is 20. The molecule has 0 unspecified atom stereocenters. The van der Waals surface area contributed by atoms with E-state index in [0.717, 1.165) is 11.8 Å². The zero-order chi connectivity index (χ0) is 105. The molecule has 1 aliphatic rings. The lowest BCUT2D eigenvalue weighted by atomic mass is 9.98. The van der Waals surface area contributed by atoms with Gasteiger partial charge in [0.25, 0.3) is 0 Å². The van der Waals surface area contributed by atoms with Crippen LogP contribution in [0.15, 0.2) is 116 Å². The first-order valence-electron chi connectivity index (χ1n) is 46.5.